The molecular weight excluding hydrogens is 406 g/mol. The van der Waals surface area contributed by atoms with E-state index < -0.39 is 5.91 Å². The number of methoxy groups -OCH3 is 1. The highest BCUT2D eigenvalue weighted by Gasteiger charge is 2.41. The van der Waals surface area contributed by atoms with E-state index in [4.69, 9.17) is 10.5 Å². The Labute approximate surface area is 187 Å². The lowest BCUT2D eigenvalue weighted by atomic mass is 9.80. The van der Waals surface area contributed by atoms with Crippen LogP contribution in [0.1, 0.15) is 54.3 Å². The Kier molecular flexibility index (Phi) is 5.54. The molecule has 2 amide bonds. The van der Waals surface area contributed by atoms with E-state index >= 15 is 0 Å². The topological polar surface area (TPSA) is 111 Å². The van der Waals surface area contributed by atoms with Gasteiger partial charge in [-0.05, 0) is 54.5 Å². The summed E-state index contributed by atoms with van der Waals surface area (Å²) in [5, 5.41) is 10.8. The van der Waals surface area contributed by atoms with Gasteiger partial charge in [-0.15, -0.1) is 0 Å². The molecule has 1 aliphatic carbocycles. The van der Waals surface area contributed by atoms with Crippen molar-refractivity contribution < 1.29 is 14.3 Å². The highest BCUT2D eigenvalue weighted by atomic mass is 16.5. The van der Waals surface area contributed by atoms with Crippen molar-refractivity contribution in [3.8, 4) is 5.75 Å². The maximum Gasteiger partial charge on any atom is 0.255 e. The number of hydrogen-bond donors (Lipinski definition) is 3. The number of nitrogens with two attached hydrogens (primary N) is 1. The van der Waals surface area contributed by atoms with E-state index in [1.54, 1.807) is 48.2 Å². The van der Waals surface area contributed by atoms with Gasteiger partial charge in [0.05, 0.1) is 42.0 Å². The zero-order chi connectivity index (χ0) is 23.0. The van der Waals surface area contributed by atoms with Crippen LogP contribution in [0.5, 0.6) is 5.75 Å². The Bertz CT molecular complexity index is 1170. The lowest BCUT2D eigenvalue weighted by molar-refractivity contribution is 0.0997. The van der Waals surface area contributed by atoms with Crippen molar-refractivity contribution >= 4 is 28.7 Å². The van der Waals surface area contributed by atoms with Crippen molar-refractivity contribution in [2.24, 2.45) is 17.1 Å². The number of carbonyl (C=O) groups excluding carboxylic acids is 2. The Hall–Kier alpha value is -3.55. The molecular formula is C24H29N5O3. The Morgan fingerprint density at radius 1 is 1.22 bits per heavy atom. The van der Waals surface area contributed by atoms with Crippen molar-refractivity contribution in [1.29, 1.82) is 0 Å². The first-order valence-electron chi connectivity index (χ1n) is 10.7. The summed E-state index contributed by atoms with van der Waals surface area (Å²) in [4.78, 5) is 24.8. The molecule has 1 aromatic carbocycles. The number of nitrogens with one attached hydrogen (secondary N) is 2. The van der Waals surface area contributed by atoms with Crippen LogP contribution in [0.4, 0.5) is 11.4 Å². The Morgan fingerprint density at radius 3 is 2.53 bits per heavy atom. The minimum absolute atomic E-state index is 0.0627. The summed E-state index contributed by atoms with van der Waals surface area (Å²) >= 11 is 0. The summed E-state index contributed by atoms with van der Waals surface area (Å²) in [5.41, 5.74) is 8.45. The monoisotopic (exact) mass is 435 g/mol. The maximum atomic E-state index is 12.7. The highest BCUT2D eigenvalue weighted by Crippen LogP contribution is 2.44. The number of carbonyl (C=O) groups is 2. The molecule has 1 saturated carbocycles. The number of primary amides is 1. The normalized spacial score (nSPS) is 19.6. The molecule has 4 N–H and O–H groups in total. The third-order valence-electron chi connectivity index (χ3n) is 6.89. The van der Waals surface area contributed by atoms with Crippen LogP contribution >= 0.6 is 0 Å². The molecule has 3 aromatic rings. The molecule has 0 spiro atoms. The van der Waals surface area contributed by atoms with Gasteiger partial charge < -0.3 is 21.1 Å². The second-order valence-corrected chi connectivity index (χ2v) is 9.04. The van der Waals surface area contributed by atoms with E-state index in [2.05, 4.69) is 36.5 Å². The van der Waals surface area contributed by atoms with Crippen molar-refractivity contribution in [3.63, 3.8) is 0 Å². The van der Waals surface area contributed by atoms with E-state index in [0.29, 0.717) is 39.7 Å². The van der Waals surface area contributed by atoms with Gasteiger partial charge >= 0.3 is 0 Å². The SMILES string of the molecule is COc1ccc(C(=O)Nc2cc3c(NC4CCC(C)C4(C)C)c(C(N)=O)cnn3c2)cc1. The number of nitrogens with zero attached hydrogens (tertiary/aromatic N) is 2. The zero-order valence-corrected chi connectivity index (χ0v) is 18.8. The number of ether oxygens (including phenoxy) is 1. The molecule has 168 valence electrons. The third kappa shape index (κ3) is 3.88. The Morgan fingerprint density at radius 2 is 1.94 bits per heavy atom. The van der Waals surface area contributed by atoms with Crippen LogP contribution in [0.2, 0.25) is 0 Å². The number of aromatic nitrogens is 2. The second-order valence-electron chi connectivity index (χ2n) is 9.04. The van der Waals surface area contributed by atoms with Gasteiger partial charge in [0.1, 0.15) is 5.75 Å². The van der Waals surface area contributed by atoms with Gasteiger partial charge in [0, 0.05) is 11.6 Å². The third-order valence-corrected chi connectivity index (χ3v) is 6.89. The van der Waals surface area contributed by atoms with Crippen molar-refractivity contribution in [3.05, 3.63) is 53.9 Å². The van der Waals surface area contributed by atoms with Crippen molar-refractivity contribution in [1.82, 2.24) is 9.61 Å². The fourth-order valence-electron chi connectivity index (χ4n) is 4.35. The summed E-state index contributed by atoms with van der Waals surface area (Å²) in [6.45, 7) is 6.73. The van der Waals surface area contributed by atoms with Crippen molar-refractivity contribution in [2.75, 3.05) is 17.7 Å². The summed E-state index contributed by atoms with van der Waals surface area (Å²) < 4.78 is 6.78. The molecule has 1 fully saturated rings. The quantitative estimate of drug-likeness (QED) is 0.543. The zero-order valence-electron chi connectivity index (χ0n) is 18.8. The minimum Gasteiger partial charge on any atom is -0.497 e. The maximum absolute atomic E-state index is 12.7. The average Bonchev–Trinajstić information content (AvgIpc) is 3.28. The summed E-state index contributed by atoms with van der Waals surface area (Å²) in [7, 11) is 1.58. The number of fused-ring (bicyclic) bond motifs is 1. The fraction of sp³-hybridized carbons (Fsp3) is 0.375. The molecule has 4 rings (SSSR count). The van der Waals surface area contributed by atoms with Crippen LogP contribution in [0.15, 0.2) is 42.7 Å². The smallest absolute Gasteiger partial charge is 0.255 e. The van der Waals surface area contributed by atoms with E-state index in [-0.39, 0.29) is 17.4 Å². The lowest BCUT2D eigenvalue weighted by Gasteiger charge is -2.33. The van der Waals surface area contributed by atoms with Crippen molar-refractivity contribution in [2.45, 2.75) is 39.7 Å². The number of benzene rings is 1. The average molecular weight is 436 g/mol. The molecule has 1 aliphatic rings. The molecule has 8 nitrogen and oxygen atoms in total. The molecule has 2 unspecified atom stereocenters. The van der Waals surface area contributed by atoms with Gasteiger partial charge in [-0.1, -0.05) is 20.8 Å². The van der Waals surface area contributed by atoms with Gasteiger partial charge in [0.25, 0.3) is 11.8 Å². The molecule has 0 saturated heterocycles. The molecule has 0 radical (unpaired) electrons. The standard InChI is InChI=1S/C24H29N5O3/c1-14-5-10-20(24(14,2)3)28-21-18(22(25)30)12-26-29-13-16(11-19(21)29)27-23(31)15-6-8-17(32-4)9-7-15/h6-9,11-14,20,28H,5,10H2,1-4H3,(H2,25,30)(H,27,31). The predicted octanol–water partition coefficient (Wildman–Crippen LogP) is 3.93. The van der Waals surface area contributed by atoms with E-state index in [1.165, 1.54) is 6.20 Å². The van der Waals surface area contributed by atoms with E-state index in [1.807, 2.05) is 0 Å². The highest BCUT2D eigenvalue weighted by molar-refractivity contribution is 6.06. The first-order valence-corrected chi connectivity index (χ1v) is 10.7. The summed E-state index contributed by atoms with van der Waals surface area (Å²) in [6.07, 6.45) is 5.30. The largest absolute Gasteiger partial charge is 0.497 e. The number of amides is 2. The minimum atomic E-state index is -0.545. The molecule has 2 atom stereocenters. The van der Waals surface area contributed by atoms with Gasteiger partial charge in [-0.25, -0.2) is 4.52 Å². The molecule has 8 heteroatoms. The predicted molar refractivity (Wildman–Crippen MR) is 124 cm³/mol. The molecule has 2 heterocycles. The molecule has 0 aliphatic heterocycles. The molecule has 0 bridgehead atoms. The summed E-state index contributed by atoms with van der Waals surface area (Å²) in [5.74, 6) is 0.440. The summed E-state index contributed by atoms with van der Waals surface area (Å²) in [6, 6.07) is 8.85. The lowest BCUT2D eigenvalue weighted by Crippen LogP contribution is -2.35. The van der Waals surface area contributed by atoms with Gasteiger partial charge in [-0.3, -0.25) is 9.59 Å². The number of hydrogen-bond acceptors (Lipinski definition) is 5. The van der Waals surface area contributed by atoms with Gasteiger partial charge in [0.15, 0.2) is 0 Å². The second kappa shape index (κ2) is 8.18. The first kappa shape index (κ1) is 21.7. The number of anilines is 2. The molecule has 32 heavy (non-hydrogen) atoms. The fourth-order valence-corrected chi connectivity index (χ4v) is 4.35. The molecule has 2 aromatic heterocycles. The van der Waals surface area contributed by atoms with Crippen LogP contribution in [-0.2, 0) is 0 Å². The van der Waals surface area contributed by atoms with E-state index in [0.717, 1.165) is 12.8 Å². The van der Waals surface area contributed by atoms with Crippen LogP contribution in [-0.4, -0.2) is 34.6 Å². The van der Waals surface area contributed by atoms with Crippen LogP contribution in [0.3, 0.4) is 0 Å². The first-order chi connectivity index (χ1) is 15.2. The van der Waals surface area contributed by atoms with Gasteiger partial charge in [-0.2, -0.15) is 5.10 Å². The van der Waals surface area contributed by atoms with Gasteiger partial charge in [0.2, 0.25) is 0 Å². The van der Waals surface area contributed by atoms with Crippen LogP contribution in [0, 0.1) is 11.3 Å². The van der Waals surface area contributed by atoms with Crippen LogP contribution < -0.4 is 21.1 Å². The van der Waals surface area contributed by atoms with Crippen LogP contribution in [0.25, 0.3) is 5.52 Å². The Balaban J connectivity index is 1.66. The van der Waals surface area contributed by atoms with E-state index in [9.17, 15) is 9.59 Å². The number of rotatable bonds is 6.